The van der Waals surface area contributed by atoms with Crippen LogP contribution in [0.5, 0.6) is 0 Å². The number of rotatable bonds is 4. The lowest BCUT2D eigenvalue weighted by Gasteiger charge is -2.02. The van der Waals surface area contributed by atoms with Crippen molar-refractivity contribution in [3.05, 3.63) is 35.7 Å². The molecule has 0 atom stereocenters. The summed E-state index contributed by atoms with van der Waals surface area (Å²) in [6.45, 7) is 0.220. The first-order valence-corrected chi connectivity index (χ1v) is 5.02. The highest BCUT2D eigenvalue weighted by molar-refractivity contribution is 5.94. The normalized spacial score (nSPS) is 10.3. The Kier molecular flexibility index (Phi) is 3.09. The van der Waals surface area contributed by atoms with Crippen LogP contribution < -0.4 is 5.32 Å². The molecule has 0 radical (unpaired) electrons. The van der Waals surface area contributed by atoms with Crippen molar-refractivity contribution in [3.8, 4) is 0 Å². The number of aryl methyl sites for hydroxylation is 1. The number of carbonyl (C=O) groups is 2. The number of hydrogen-bond donors (Lipinski definition) is 2. The highest BCUT2D eigenvalue weighted by Gasteiger charge is 2.16. The Balaban J connectivity index is 1.99. The number of aromatic nitrogens is 3. The van der Waals surface area contributed by atoms with Gasteiger partial charge < -0.3 is 19.5 Å². The molecule has 0 saturated heterocycles. The predicted molar refractivity (Wildman–Crippen MR) is 57.8 cm³/mol. The van der Waals surface area contributed by atoms with Gasteiger partial charge in [0.1, 0.15) is 5.82 Å². The summed E-state index contributed by atoms with van der Waals surface area (Å²) >= 11 is 0. The van der Waals surface area contributed by atoms with Crippen LogP contribution in [0.4, 0.5) is 0 Å². The Hall–Kier alpha value is -2.64. The zero-order chi connectivity index (χ0) is 13.1. The summed E-state index contributed by atoms with van der Waals surface area (Å²) in [5, 5.41) is 14.5. The number of nitrogens with zero attached hydrogens (tertiary/aromatic N) is 3. The molecule has 2 N–H and O–H groups in total. The van der Waals surface area contributed by atoms with Crippen LogP contribution in [-0.4, -0.2) is 31.7 Å². The molecule has 0 fully saturated rings. The monoisotopic (exact) mass is 250 g/mol. The van der Waals surface area contributed by atoms with Gasteiger partial charge in [0.05, 0.1) is 6.54 Å². The van der Waals surface area contributed by atoms with Crippen LogP contribution in [0.1, 0.15) is 26.9 Å². The number of carboxylic acid groups (broad SMARTS) is 1. The number of imidazole rings is 1. The molecule has 0 saturated carbocycles. The van der Waals surface area contributed by atoms with Gasteiger partial charge in [-0.2, -0.15) is 0 Å². The molecule has 94 valence electrons. The Bertz CT molecular complexity index is 586. The van der Waals surface area contributed by atoms with Crippen LogP contribution in [0.3, 0.4) is 0 Å². The molecule has 0 spiro atoms. The van der Waals surface area contributed by atoms with Crippen LogP contribution in [0.15, 0.2) is 23.0 Å². The van der Waals surface area contributed by atoms with Crippen LogP contribution >= 0.6 is 0 Å². The van der Waals surface area contributed by atoms with Gasteiger partial charge in [-0.05, 0) is 0 Å². The topological polar surface area (TPSA) is 110 Å². The van der Waals surface area contributed by atoms with Gasteiger partial charge >= 0.3 is 5.97 Å². The molecule has 8 heteroatoms. The molecule has 2 aromatic rings. The minimum atomic E-state index is -1.27. The largest absolute Gasteiger partial charge is 0.475 e. The summed E-state index contributed by atoms with van der Waals surface area (Å²) in [7, 11) is 1.80. The molecule has 0 bridgehead atoms. The zero-order valence-corrected chi connectivity index (χ0v) is 9.45. The molecule has 8 nitrogen and oxygen atoms in total. The smallest absolute Gasteiger partial charge is 0.374 e. The lowest BCUT2D eigenvalue weighted by atomic mass is 10.3. The van der Waals surface area contributed by atoms with E-state index in [2.05, 4.69) is 20.0 Å². The Morgan fingerprint density at radius 2 is 2.33 bits per heavy atom. The lowest BCUT2D eigenvalue weighted by Crippen LogP contribution is -2.24. The third-order valence-corrected chi connectivity index (χ3v) is 2.28. The van der Waals surface area contributed by atoms with E-state index in [1.54, 1.807) is 24.0 Å². The van der Waals surface area contributed by atoms with Gasteiger partial charge in [0, 0.05) is 25.5 Å². The van der Waals surface area contributed by atoms with Crippen molar-refractivity contribution < 1.29 is 19.2 Å². The number of carboxylic acids is 1. The molecule has 2 rings (SSSR count). The Morgan fingerprint density at radius 3 is 2.89 bits per heavy atom. The molecule has 0 aliphatic heterocycles. The second-order valence-corrected chi connectivity index (χ2v) is 3.52. The summed E-state index contributed by atoms with van der Waals surface area (Å²) in [6.07, 6.45) is 3.36. The zero-order valence-electron chi connectivity index (χ0n) is 9.45. The predicted octanol–water partition coefficient (Wildman–Crippen LogP) is 0.0363. The Morgan fingerprint density at radius 1 is 1.56 bits per heavy atom. The Labute approximate surface area is 101 Å². The number of amides is 1. The van der Waals surface area contributed by atoms with Crippen molar-refractivity contribution in [2.75, 3.05) is 0 Å². The van der Waals surface area contributed by atoms with Crippen molar-refractivity contribution in [1.82, 2.24) is 20.0 Å². The fourth-order valence-corrected chi connectivity index (χ4v) is 1.30. The van der Waals surface area contributed by atoms with Gasteiger partial charge in [-0.25, -0.2) is 9.78 Å². The summed E-state index contributed by atoms with van der Waals surface area (Å²) in [5.74, 6) is -1.50. The molecule has 18 heavy (non-hydrogen) atoms. The van der Waals surface area contributed by atoms with Crippen LogP contribution in [0.25, 0.3) is 0 Å². The number of aromatic carboxylic acids is 1. The molecule has 2 aromatic heterocycles. The standard InChI is InChI=1S/C10H10N4O4/c1-14-3-2-11-8(14)5-12-9(15)6-4-7(10(16)17)18-13-6/h2-4H,5H2,1H3,(H,12,15)(H,16,17). The number of hydrogen-bond acceptors (Lipinski definition) is 5. The fourth-order valence-electron chi connectivity index (χ4n) is 1.30. The summed E-state index contributed by atoms with van der Waals surface area (Å²) < 4.78 is 6.23. The van der Waals surface area contributed by atoms with E-state index in [0.29, 0.717) is 5.82 Å². The van der Waals surface area contributed by atoms with E-state index in [0.717, 1.165) is 6.07 Å². The second kappa shape index (κ2) is 4.70. The molecule has 1 amide bonds. The van der Waals surface area contributed by atoms with Crippen LogP contribution in [0.2, 0.25) is 0 Å². The van der Waals surface area contributed by atoms with E-state index >= 15 is 0 Å². The average molecular weight is 250 g/mol. The number of nitrogens with one attached hydrogen (secondary N) is 1. The highest BCUT2D eigenvalue weighted by atomic mass is 16.5. The van der Waals surface area contributed by atoms with E-state index < -0.39 is 11.9 Å². The van der Waals surface area contributed by atoms with Crippen molar-refractivity contribution in [2.45, 2.75) is 6.54 Å². The van der Waals surface area contributed by atoms with Crippen molar-refractivity contribution in [3.63, 3.8) is 0 Å². The number of carbonyl (C=O) groups excluding carboxylic acids is 1. The first-order chi connectivity index (χ1) is 8.58. The fraction of sp³-hybridized carbons (Fsp3) is 0.200. The molecule has 2 heterocycles. The van der Waals surface area contributed by atoms with E-state index in [9.17, 15) is 9.59 Å². The van der Waals surface area contributed by atoms with Crippen molar-refractivity contribution >= 4 is 11.9 Å². The van der Waals surface area contributed by atoms with Crippen LogP contribution in [-0.2, 0) is 13.6 Å². The molecular formula is C10H10N4O4. The summed E-state index contributed by atoms with van der Waals surface area (Å²) in [4.78, 5) is 26.2. The van der Waals surface area contributed by atoms with Gasteiger partial charge in [0.2, 0.25) is 5.76 Å². The molecule has 0 aliphatic rings. The maximum absolute atomic E-state index is 11.6. The molecule has 0 unspecified atom stereocenters. The van der Waals surface area contributed by atoms with E-state index in [1.807, 2.05) is 0 Å². The minimum Gasteiger partial charge on any atom is -0.475 e. The van der Waals surface area contributed by atoms with E-state index in [1.165, 1.54) is 0 Å². The van der Waals surface area contributed by atoms with Crippen molar-refractivity contribution in [1.29, 1.82) is 0 Å². The van der Waals surface area contributed by atoms with Crippen LogP contribution in [0, 0.1) is 0 Å². The third-order valence-electron chi connectivity index (χ3n) is 2.28. The maximum atomic E-state index is 11.6. The maximum Gasteiger partial charge on any atom is 0.374 e. The summed E-state index contributed by atoms with van der Waals surface area (Å²) in [5.41, 5.74) is -0.0818. The van der Waals surface area contributed by atoms with Gasteiger partial charge in [0.15, 0.2) is 5.69 Å². The second-order valence-electron chi connectivity index (χ2n) is 3.52. The summed E-state index contributed by atoms with van der Waals surface area (Å²) in [6, 6.07) is 1.07. The van der Waals surface area contributed by atoms with E-state index in [4.69, 9.17) is 5.11 Å². The SMILES string of the molecule is Cn1ccnc1CNC(=O)c1cc(C(=O)O)on1. The molecule has 0 aliphatic carbocycles. The van der Waals surface area contributed by atoms with Gasteiger partial charge in [0.25, 0.3) is 5.91 Å². The highest BCUT2D eigenvalue weighted by Crippen LogP contribution is 2.03. The van der Waals surface area contributed by atoms with Gasteiger partial charge in [-0.3, -0.25) is 4.79 Å². The molecule has 0 aromatic carbocycles. The van der Waals surface area contributed by atoms with E-state index in [-0.39, 0.29) is 18.0 Å². The average Bonchev–Trinajstić information content (AvgIpc) is 2.94. The lowest BCUT2D eigenvalue weighted by molar-refractivity contribution is 0.0651. The quantitative estimate of drug-likeness (QED) is 0.792. The van der Waals surface area contributed by atoms with Crippen molar-refractivity contribution in [2.24, 2.45) is 7.05 Å². The first-order valence-electron chi connectivity index (χ1n) is 5.02. The first kappa shape index (κ1) is 11.8. The van der Waals surface area contributed by atoms with Gasteiger partial charge in [-0.1, -0.05) is 5.16 Å². The minimum absolute atomic E-state index is 0.0818. The third kappa shape index (κ3) is 2.37. The molecular weight excluding hydrogens is 240 g/mol. The van der Waals surface area contributed by atoms with Gasteiger partial charge in [-0.15, -0.1) is 0 Å².